The average molecular weight is 262 g/mol. The molecule has 0 spiro atoms. The Hall–Kier alpha value is -1.55. The van der Waals surface area contributed by atoms with Gasteiger partial charge in [-0.05, 0) is 44.1 Å². The molecule has 0 aliphatic heterocycles. The molecule has 0 bridgehead atoms. The van der Waals surface area contributed by atoms with Gasteiger partial charge in [-0.3, -0.25) is 4.99 Å². The van der Waals surface area contributed by atoms with Crippen LogP contribution < -0.4 is 11.1 Å². The number of hydrogen-bond acceptors (Lipinski definition) is 2. The number of anilines is 1. The monoisotopic (exact) mass is 262 g/mol. The normalized spacial score (nSPS) is 12.8. The summed E-state index contributed by atoms with van der Waals surface area (Å²) in [6.07, 6.45) is 0. The molecule has 106 valence electrons. The summed E-state index contributed by atoms with van der Waals surface area (Å²) < 4.78 is 0. The molecule has 0 heterocycles. The summed E-state index contributed by atoms with van der Waals surface area (Å²) in [6, 6.07) is 8.09. The van der Waals surface area contributed by atoms with Gasteiger partial charge in [0.2, 0.25) is 0 Å². The van der Waals surface area contributed by atoms with E-state index in [4.69, 9.17) is 5.73 Å². The van der Waals surface area contributed by atoms with Crippen molar-refractivity contribution in [3.63, 3.8) is 0 Å². The van der Waals surface area contributed by atoms with E-state index in [9.17, 15) is 0 Å². The Morgan fingerprint density at radius 2 is 2.05 bits per heavy atom. The number of benzene rings is 1. The van der Waals surface area contributed by atoms with Crippen molar-refractivity contribution in [2.75, 3.05) is 32.5 Å². The molecule has 0 unspecified atom stereocenters. The topological polar surface area (TPSA) is 53.6 Å². The van der Waals surface area contributed by atoms with Crippen LogP contribution in [0.5, 0.6) is 0 Å². The molecule has 4 heteroatoms. The molecule has 0 aromatic heterocycles. The van der Waals surface area contributed by atoms with Gasteiger partial charge in [0.05, 0.1) is 0 Å². The van der Waals surface area contributed by atoms with Crippen LogP contribution in [-0.4, -0.2) is 38.0 Å². The molecule has 0 saturated carbocycles. The van der Waals surface area contributed by atoms with Crippen molar-refractivity contribution >= 4 is 11.6 Å². The minimum absolute atomic E-state index is 0.113. The third kappa shape index (κ3) is 6.25. The van der Waals surface area contributed by atoms with Crippen LogP contribution in [-0.2, 0) is 0 Å². The first kappa shape index (κ1) is 15.5. The van der Waals surface area contributed by atoms with Crippen LogP contribution in [0.4, 0.5) is 5.69 Å². The fourth-order valence-electron chi connectivity index (χ4n) is 2.12. The third-order valence-corrected chi connectivity index (χ3v) is 2.71. The Morgan fingerprint density at radius 3 is 2.63 bits per heavy atom. The summed E-state index contributed by atoms with van der Waals surface area (Å²) in [7, 11) is 4.14. The number of nitrogens with one attached hydrogen (secondary N) is 1. The maximum atomic E-state index is 5.92. The molecule has 4 nitrogen and oxygen atoms in total. The third-order valence-electron chi connectivity index (χ3n) is 2.71. The zero-order valence-corrected chi connectivity index (χ0v) is 12.7. The number of aliphatic imine (C=N–C) groups is 1. The van der Waals surface area contributed by atoms with E-state index in [1.54, 1.807) is 0 Å². The Morgan fingerprint density at radius 1 is 1.37 bits per heavy atom. The lowest BCUT2D eigenvalue weighted by Gasteiger charge is -2.26. The van der Waals surface area contributed by atoms with Crippen LogP contribution in [0.15, 0.2) is 29.3 Å². The number of nitrogens with two attached hydrogens (primary N) is 1. The van der Waals surface area contributed by atoms with Crippen LogP contribution in [0.25, 0.3) is 0 Å². The maximum Gasteiger partial charge on any atom is 0.193 e. The van der Waals surface area contributed by atoms with Gasteiger partial charge in [-0.1, -0.05) is 26.0 Å². The minimum atomic E-state index is 0.113. The van der Waals surface area contributed by atoms with Crippen LogP contribution in [0.1, 0.15) is 19.4 Å². The number of aryl methyl sites for hydroxylation is 1. The second-order valence-electron chi connectivity index (χ2n) is 6.10. The molecule has 1 aromatic rings. The van der Waals surface area contributed by atoms with Gasteiger partial charge in [0.15, 0.2) is 5.96 Å². The first-order valence-corrected chi connectivity index (χ1v) is 6.57. The molecule has 0 fully saturated rings. The van der Waals surface area contributed by atoms with Crippen molar-refractivity contribution in [1.82, 2.24) is 4.90 Å². The molecule has 0 aliphatic carbocycles. The average Bonchev–Trinajstić information content (AvgIpc) is 2.25. The molecular weight excluding hydrogens is 236 g/mol. The van der Waals surface area contributed by atoms with Gasteiger partial charge < -0.3 is 16.0 Å². The molecule has 3 N–H and O–H groups in total. The molecule has 0 saturated heterocycles. The van der Waals surface area contributed by atoms with Crippen LogP contribution in [0.3, 0.4) is 0 Å². The van der Waals surface area contributed by atoms with E-state index in [2.05, 4.69) is 56.1 Å². The summed E-state index contributed by atoms with van der Waals surface area (Å²) in [6.45, 7) is 8.12. The lowest BCUT2D eigenvalue weighted by Crippen LogP contribution is -2.32. The van der Waals surface area contributed by atoms with Gasteiger partial charge in [0.25, 0.3) is 0 Å². The predicted molar refractivity (Wildman–Crippen MR) is 83.6 cm³/mol. The number of rotatable bonds is 5. The quantitative estimate of drug-likeness (QED) is 0.632. The van der Waals surface area contributed by atoms with Crippen molar-refractivity contribution in [3.05, 3.63) is 29.8 Å². The number of guanidine groups is 1. The summed E-state index contributed by atoms with van der Waals surface area (Å²) >= 11 is 0. The first-order chi connectivity index (χ1) is 8.78. The minimum Gasteiger partial charge on any atom is -0.370 e. The highest BCUT2D eigenvalue weighted by Crippen LogP contribution is 2.16. The van der Waals surface area contributed by atoms with Crippen LogP contribution >= 0.6 is 0 Å². The summed E-state index contributed by atoms with van der Waals surface area (Å²) in [5, 5.41) is 3.12. The van der Waals surface area contributed by atoms with Crippen molar-refractivity contribution in [2.24, 2.45) is 16.1 Å². The van der Waals surface area contributed by atoms with E-state index < -0.39 is 0 Å². The highest BCUT2D eigenvalue weighted by atomic mass is 15.1. The molecule has 0 radical (unpaired) electrons. The summed E-state index contributed by atoms with van der Waals surface area (Å²) in [5.74, 6) is 0.470. The Labute approximate surface area is 116 Å². The van der Waals surface area contributed by atoms with Crippen molar-refractivity contribution in [3.8, 4) is 0 Å². The van der Waals surface area contributed by atoms with E-state index in [0.29, 0.717) is 12.5 Å². The van der Waals surface area contributed by atoms with Gasteiger partial charge >= 0.3 is 0 Å². The zero-order valence-electron chi connectivity index (χ0n) is 12.7. The molecule has 1 aromatic carbocycles. The highest BCUT2D eigenvalue weighted by molar-refractivity contribution is 5.92. The summed E-state index contributed by atoms with van der Waals surface area (Å²) in [4.78, 5) is 6.60. The zero-order chi connectivity index (χ0) is 14.5. The van der Waals surface area contributed by atoms with Gasteiger partial charge in [-0.2, -0.15) is 0 Å². The largest absolute Gasteiger partial charge is 0.370 e. The second kappa shape index (κ2) is 6.57. The number of nitrogens with zero attached hydrogens (tertiary/aromatic N) is 2. The molecule has 19 heavy (non-hydrogen) atoms. The Kier molecular flexibility index (Phi) is 5.36. The lowest BCUT2D eigenvalue weighted by molar-refractivity contribution is 0.249. The predicted octanol–water partition coefficient (Wildman–Crippen LogP) is 2.31. The Balaban J connectivity index is 2.58. The molecule has 1 rings (SSSR count). The van der Waals surface area contributed by atoms with E-state index in [-0.39, 0.29) is 5.41 Å². The number of hydrogen-bond donors (Lipinski definition) is 2. The smallest absolute Gasteiger partial charge is 0.193 e. The van der Waals surface area contributed by atoms with E-state index in [0.717, 1.165) is 12.2 Å². The standard InChI is InChI=1S/C15H26N4/c1-12-7-6-8-13(9-12)18-14(16)17-10-15(2,3)11-19(4)5/h6-9H,10-11H2,1-5H3,(H3,16,17,18). The fraction of sp³-hybridized carbons (Fsp3) is 0.533. The van der Waals surface area contributed by atoms with Crippen molar-refractivity contribution < 1.29 is 0 Å². The second-order valence-corrected chi connectivity index (χ2v) is 6.10. The molecule has 0 aliphatic rings. The summed E-state index contributed by atoms with van der Waals surface area (Å²) in [5.41, 5.74) is 8.21. The van der Waals surface area contributed by atoms with E-state index in [1.165, 1.54) is 5.56 Å². The fourth-order valence-corrected chi connectivity index (χ4v) is 2.12. The van der Waals surface area contributed by atoms with E-state index in [1.807, 2.05) is 18.2 Å². The SMILES string of the molecule is Cc1cccc(NC(N)=NCC(C)(C)CN(C)C)c1. The molecular formula is C15H26N4. The van der Waals surface area contributed by atoms with Gasteiger partial charge in [0, 0.05) is 18.8 Å². The van der Waals surface area contributed by atoms with Gasteiger partial charge in [-0.15, -0.1) is 0 Å². The van der Waals surface area contributed by atoms with Crippen LogP contribution in [0.2, 0.25) is 0 Å². The first-order valence-electron chi connectivity index (χ1n) is 6.57. The van der Waals surface area contributed by atoms with Gasteiger partial charge in [0.1, 0.15) is 0 Å². The van der Waals surface area contributed by atoms with Crippen molar-refractivity contribution in [1.29, 1.82) is 0 Å². The Bertz CT molecular complexity index is 436. The molecule has 0 atom stereocenters. The highest BCUT2D eigenvalue weighted by Gasteiger charge is 2.18. The maximum absolute atomic E-state index is 5.92. The van der Waals surface area contributed by atoms with Crippen molar-refractivity contribution in [2.45, 2.75) is 20.8 Å². The van der Waals surface area contributed by atoms with Gasteiger partial charge in [-0.25, -0.2) is 0 Å². The lowest BCUT2D eigenvalue weighted by atomic mass is 9.93. The van der Waals surface area contributed by atoms with E-state index >= 15 is 0 Å². The molecule has 0 amide bonds. The van der Waals surface area contributed by atoms with Crippen LogP contribution in [0, 0.1) is 12.3 Å².